The van der Waals surface area contributed by atoms with Gasteiger partial charge in [0, 0.05) is 10.0 Å². The van der Waals surface area contributed by atoms with Crippen LogP contribution in [0.2, 0.25) is 10.0 Å². The van der Waals surface area contributed by atoms with Gasteiger partial charge >= 0.3 is 0 Å². The largest absolute Gasteiger partial charge is 0.198 e. The van der Waals surface area contributed by atoms with E-state index in [4.69, 9.17) is 33.7 Å². The minimum atomic E-state index is 0.228. The zero-order valence-electron chi connectivity index (χ0n) is 7.22. The summed E-state index contributed by atoms with van der Waals surface area (Å²) in [5.41, 5.74) is 1.39. The number of hydrogen-bond acceptors (Lipinski definition) is 2. The molecule has 0 aliphatic carbocycles. The number of rotatable bonds is 2. The molecule has 0 saturated carbocycles. The van der Waals surface area contributed by atoms with Gasteiger partial charge in [-0.3, -0.25) is 0 Å². The Hall–Kier alpha value is -1.22. The van der Waals surface area contributed by atoms with Gasteiger partial charge in [0.05, 0.1) is 25.0 Å². The molecular weight excluding hydrogens is 219 g/mol. The average Bonchev–Trinajstić information content (AvgIpc) is 2.14. The van der Waals surface area contributed by atoms with E-state index in [-0.39, 0.29) is 12.8 Å². The van der Waals surface area contributed by atoms with Gasteiger partial charge < -0.3 is 0 Å². The Labute approximate surface area is 92.3 Å². The second-order valence-electron chi connectivity index (χ2n) is 2.70. The first kappa shape index (κ1) is 10.9. The van der Waals surface area contributed by atoms with Crippen molar-refractivity contribution in [3.8, 4) is 12.1 Å². The molecule has 1 rings (SSSR count). The summed E-state index contributed by atoms with van der Waals surface area (Å²) in [7, 11) is 0. The lowest BCUT2D eigenvalue weighted by Crippen LogP contribution is -1.89. The highest BCUT2D eigenvalue weighted by Crippen LogP contribution is 2.25. The summed E-state index contributed by atoms with van der Waals surface area (Å²) >= 11 is 11.8. The number of halogens is 2. The molecule has 0 aliphatic heterocycles. The molecule has 0 unspecified atom stereocenters. The van der Waals surface area contributed by atoms with Crippen molar-refractivity contribution >= 4 is 23.2 Å². The molecule has 2 nitrogen and oxygen atoms in total. The number of nitrogens with zero attached hydrogens (tertiary/aromatic N) is 2. The Balaban J connectivity index is 3.13. The molecule has 0 fully saturated rings. The lowest BCUT2D eigenvalue weighted by atomic mass is 10.1. The average molecular weight is 225 g/mol. The van der Waals surface area contributed by atoms with Crippen LogP contribution in [0.25, 0.3) is 0 Å². The van der Waals surface area contributed by atoms with E-state index in [1.165, 1.54) is 0 Å². The maximum Gasteiger partial charge on any atom is 0.0670 e. The molecule has 0 saturated heterocycles. The highest BCUT2D eigenvalue weighted by Gasteiger charge is 2.06. The third kappa shape index (κ3) is 2.39. The third-order valence-corrected chi connectivity index (χ3v) is 2.46. The summed E-state index contributed by atoms with van der Waals surface area (Å²) in [6, 6.07) is 7.27. The van der Waals surface area contributed by atoms with E-state index < -0.39 is 0 Å². The van der Waals surface area contributed by atoms with Crippen LogP contribution in [0.15, 0.2) is 12.1 Å². The van der Waals surface area contributed by atoms with Crippen LogP contribution < -0.4 is 0 Å². The van der Waals surface area contributed by atoms with Crippen LogP contribution >= 0.6 is 23.2 Å². The number of benzene rings is 1. The molecular formula is C10H6Cl2N2. The van der Waals surface area contributed by atoms with Gasteiger partial charge in [0.15, 0.2) is 0 Å². The molecule has 4 heteroatoms. The molecule has 0 aliphatic rings. The molecule has 0 heterocycles. The summed E-state index contributed by atoms with van der Waals surface area (Å²) in [6.07, 6.45) is 0.455. The minimum absolute atomic E-state index is 0.228. The van der Waals surface area contributed by atoms with Gasteiger partial charge in [-0.05, 0) is 23.3 Å². The Kier molecular flexibility index (Phi) is 3.77. The Morgan fingerprint density at radius 1 is 0.929 bits per heavy atom. The molecule has 70 valence electrons. The first-order chi connectivity index (χ1) is 6.69. The van der Waals surface area contributed by atoms with Gasteiger partial charge in [-0.15, -0.1) is 0 Å². The van der Waals surface area contributed by atoms with E-state index in [1.807, 2.05) is 12.1 Å². The van der Waals surface area contributed by atoms with Crippen LogP contribution in [-0.2, 0) is 12.8 Å². The van der Waals surface area contributed by atoms with Crippen LogP contribution in [0.5, 0.6) is 0 Å². The summed E-state index contributed by atoms with van der Waals surface area (Å²) in [6.45, 7) is 0. The number of nitriles is 2. The maximum atomic E-state index is 8.50. The maximum absolute atomic E-state index is 8.50. The predicted octanol–water partition coefficient (Wildman–Crippen LogP) is 3.13. The lowest BCUT2D eigenvalue weighted by molar-refractivity contribution is 1.22. The van der Waals surface area contributed by atoms with Crippen molar-refractivity contribution in [2.45, 2.75) is 12.8 Å². The molecule has 1 aromatic rings. The van der Waals surface area contributed by atoms with Gasteiger partial charge in [-0.1, -0.05) is 23.2 Å². The fourth-order valence-electron chi connectivity index (χ4n) is 1.07. The molecule has 0 radical (unpaired) electrons. The smallest absolute Gasteiger partial charge is 0.0670 e. The van der Waals surface area contributed by atoms with E-state index in [2.05, 4.69) is 0 Å². The molecule has 14 heavy (non-hydrogen) atoms. The highest BCUT2D eigenvalue weighted by atomic mass is 35.5. The van der Waals surface area contributed by atoms with E-state index >= 15 is 0 Å². The Morgan fingerprint density at radius 2 is 1.29 bits per heavy atom. The molecule has 0 atom stereocenters. The van der Waals surface area contributed by atoms with E-state index in [1.54, 1.807) is 12.1 Å². The highest BCUT2D eigenvalue weighted by molar-refractivity contribution is 6.34. The van der Waals surface area contributed by atoms with Gasteiger partial charge in [-0.2, -0.15) is 10.5 Å². The fourth-order valence-corrected chi connectivity index (χ4v) is 1.58. The minimum Gasteiger partial charge on any atom is -0.198 e. The Morgan fingerprint density at radius 3 is 1.57 bits per heavy atom. The number of hydrogen-bond donors (Lipinski definition) is 0. The molecule has 0 N–H and O–H groups in total. The normalized spacial score (nSPS) is 9.14. The monoisotopic (exact) mass is 224 g/mol. The van der Waals surface area contributed by atoms with Gasteiger partial charge in [-0.25, -0.2) is 0 Å². The van der Waals surface area contributed by atoms with Gasteiger partial charge in [0.25, 0.3) is 0 Å². The van der Waals surface area contributed by atoms with E-state index in [0.717, 1.165) is 0 Å². The van der Waals surface area contributed by atoms with Gasteiger partial charge in [0.2, 0.25) is 0 Å². The van der Waals surface area contributed by atoms with Crippen LogP contribution in [0.3, 0.4) is 0 Å². The predicted molar refractivity (Wildman–Crippen MR) is 55.1 cm³/mol. The summed E-state index contributed by atoms with van der Waals surface area (Å²) < 4.78 is 0. The zero-order valence-corrected chi connectivity index (χ0v) is 8.73. The van der Waals surface area contributed by atoms with Crippen molar-refractivity contribution in [3.63, 3.8) is 0 Å². The quantitative estimate of drug-likeness (QED) is 0.776. The molecule has 0 amide bonds. The van der Waals surface area contributed by atoms with Crippen molar-refractivity contribution in [1.82, 2.24) is 0 Å². The summed E-state index contributed by atoms with van der Waals surface area (Å²) in [5.74, 6) is 0. The van der Waals surface area contributed by atoms with E-state index in [9.17, 15) is 0 Å². The van der Waals surface area contributed by atoms with Crippen LogP contribution in [0.4, 0.5) is 0 Å². The molecule has 1 aromatic carbocycles. The zero-order chi connectivity index (χ0) is 10.6. The Bertz CT molecular complexity index is 385. The molecule has 0 spiro atoms. The van der Waals surface area contributed by atoms with Crippen LogP contribution in [-0.4, -0.2) is 0 Å². The second kappa shape index (κ2) is 4.86. The second-order valence-corrected chi connectivity index (χ2v) is 3.52. The van der Waals surface area contributed by atoms with Crippen molar-refractivity contribution in [2.24, 2.45) is 0 Å². The SMILES string of the molecule is N#CCc1cc(Cl)c(CC#N)cc1Cl. The first-order valence-electron chi connectivity index (χ1n) is 3.89. The first-order valence-corrected chi connectivity index (χ1v) is 4.65. The van der Waals surface area contributed by atoms with Crippen molar-refractivity contribution in [1.29, 1.82) is 10.5 Å². The summed E-state index contributed by atoms with van der Waals surface area (Å²) in [5, 5.41) is 18.0. The topological polar surface area (TPSA) is 47.6 Å². The van der Waals surface area contributed by atoms with Crippen LogP contribution in [0, 0.1) is 22.7 Å². The van der Waals surface area contributed by atoms with Crippen molar-refractivity contribution < 1.29 is 0 Å². The van der Waals surface area contributed by atoms with Crippen LogP contribution in [0.1, 0.15) is 11.1 Å². The van der Waals surface area contributed by atoms with Gasteiger partial charge in [0.1, 0.15) is 0 Å². The fraction of sp³-hybridized carbons (Fsp3) is 0.200. The van der Waals surface area contributed by atoms with Crippen molar-refractivity contribution in [2.75, 3.05) is 0 Å². The lowest BCUT2D eigenvalue weighted by Gasteiger charge is -2.04. The molecule has 0 bridgehead atoms. The third-order valence-electron chi connectivity index (χ3n) is 1.75. The summed E-state index contributed by atoms with van der Waals surface area (Å²) in [4.78, 5) is 0. The standard InChI is InChI=1S/C10H6Cl2N2/c11-9-6-8(2-4-14)10(12)5-7(9)1-3-13/h5-6H,1-2H2. The molecule has 0 aromatic heterocycles. The van der Waals surface area contributed by atoms with Crippen molar-refractivity contribution in [3.05, 3.63) is 33.3 Å². The van der Waals surface area contributed by atoms with E-state index in [0.29, 0.717) is 21.2 Å².